The third-order valence-electron chi connectivity index (χ3n) is 1.62. The van der Waals surface area contributed by atoms with Gasteiger partial charge in [-0.1, -0.05) is 6.58 Å². The molecule has 0 heterocycles. The average Bonchev–Trinajstić information content (AvgIpc) is 2.45. The quantitative estimate of drug-likeness (QED) is 0.403. The van der Waals surface area contributed by atoms with Crippen LogP contribution in [-0.4, -0.2) is 74.1 Å². The maximum absolute atomic E-state index is 9.60. The maximum Gasteiger partial charge on any atom is 0.330 e. The standard InChI is InChI=1S/C6H14O4.C4H6O2.C4H10O/c7-1-3-9-5-6-10-4-2-8;1-3(2)4(5)6;1-3-5-4-2/h7-8H,1-6H2;1H2,2H3,(H,5,6);3-4H2,1-2H3. The molecule has 0 atom stereocenters. The minimum absolute atomic E-state index is 0.0417. The highest BCUT2D eigenvalue weighted by molar-refractivity contribution is 5.84. The Morgan fingerprint density at radius 2 is 1.24 bits per heavy atom. The second kappa shape index (κ2) is 24.1. The monoisotopic (exact) mass is 310 g/mol. The van der Waals surface area contributed by atoms with Crippen LogP contribution in [0.5, 0.6) is 0 Å². The molecule has 0 saturated heterocycles. The van der Waals surface area contributed by atoms with E-state index in [0.29, 0.717) is 26.4 Å². The van der Waals surface area contributed by atoms with Crippen LogP contribution >= 0.6 is 0 Å². The number of carbonyl (C=O) groups is 1. The molecule has 0 aromatic carbocycles. The fourth-order valence-corrected chi connectivity index (χ4v) is 0.655. The topological polar surface area (TPSA) is 105 Å². The number of ether oxygens (including phenoxy) is 3. The fourth-order valence-electron chi connectivity index (χ4n) is 0.655. The van der Waals surface area contributed by atoms with E-state index in [1.165, 1.54) is 6.92 Å². The highest BCUT2D eigenvalue weighted by Gasteiger charge is 1.90. The van der Waals surface area contributed by atoms with Gasteiger partial charge in [0.1, 0.15) is 0 Å². The largest absolute Gasteiger partial charge is 0.478 e. The van der Waals surface area contributed by atoms with Gasteiger partial charge in [-0.05, 0) is 20.8 Å². The lowest BCUT2D eigenvalue weighted by Crippen LogP contribution is -2.09. The fraction of sp³-hybridized carbons (Fsp3) is 0.786. The Morgan fingerprint density at radius 3 is 1.38 bits per heavy atom. The molecule has 0 rings (SSSR count). The molecule has 0 bridgehead atoms. The molecule has 128 valence electrons. The van der Waals surface area contributed by atoms with Crippen LogP contribution in [0.1, 0.15) is 20.8 Å². The summed E-state index contributed by atoms with van der Waals surface area (Å²) >= 11 is 0. The lowest BCUT2D eigenvalue weighted by Gasteiger charge is -2.01. The Kier molecular flexibility index (Phi) is 28.6. The SMILES string of the molecule is C=C(C)C(=O)O.CCOCC.OCCOCCOCCO. The van der Waals surface area contributed by atoms with Crippen LogP contribution < -0.4 is 0 Å². The zero-order valence-electron chi connectivity index (χ0n) is 13.3. The highest BCUT2D eigenvalue weighted by atomic mass is 16.5. The number of carboxylic acids is 1. The smallest absolute Gasteiger partial charge is 0.330 e. The van der Waals surface area contributed by atoms with Gasteiger partial charge >= 0.3 is 5.97 Å². The summed E-state index contributed by atoms with van der Waals surface area (Å²) in [7, 11) is 0. The Balaban J connectivity index is -0.000000252. The van der Waals surface area contributed by atoms with Gasteiger partial charge < -0.3 is 29.5 Å². The van der Waals surface area contributed by atoms with Crippen LogP contribution in [0, 0.1) is 0 Å². The molecule has 0 saturated carbocycles. The number of carboxylic acid groups (broad SMARTS) is 1. The molecule has 0 radical (unpaired) electrons. The average molecular weight is 310 g/mol. The molecule has 0 unspecified atom stereocenters. The first kappa shape index (κ1) is 25.0. The summed E-state index contributed by atoms with van der Waals surface area (Å²) in [6, 6.07) is 0. The molecule has 0 aromatic rings. The first-order valence-corrected chi connectivity index (χ1v) is 6.81. The number of rotatable bonds is 10. The summed E-state index contributed by atoms with van der Waals surface area (Å²) in [6.45, 7) is 12.0. The van der Waals surface area contributed by atoms with Gasteiger partial charge in [0.05, 0.1) is 39.6 Å². The van der Waals surface area contributed by atoms with E-state index in [2.05, 4.69) is 6.58 Å². The zero-order chi connectivity index (χ0) is 16.9. The van der Waals surface area contributed by atoms with Crippen LogP contribution in [0.4, 0.5) is 0 Å². The third kappa shape index (κ3) is 38.1. The first-order valence-electron chi connectivity index (χ1n) is 6.81. The lowest BCUT2D eigenvalue weighted by atomic mass is 10.4. The second-order valence-corrected chi connectivity index (χ2v) is 3.54. The summed E-state index contributed by atoms with van der Waals surface area (Å²) in [5.74, 6) is -0.935. The first-order chi connectivity index (χ1) is 9.97. The number of hydrogen-bond donors (Lipinski definition) is 3. The van der Waals surface area contributed by atoms with Gasteiger partial charge in [-0.15, -0.1) is 0 Å². The van der Waals surface area contributed by atoms with E-state index in [0.717, 1.165) is 13.2 Å². The number of aliphatic carboxylic acids is 1. The normalized spacial score (nSPS) is 9.00. The van der Waals surface area contributed by atoms with Gasteiger partial charge in [0.15, 0.2) is 0 Å². The summed E-state index contributed by atoms with van der Waals surface area (Å²) in [4.78, 5) is 9.60. The van der Waals surface area contributed by atoms with Crippen molar-refractivity contribution in [3.05, 3.63) is 12.2 Å². The molecule has 0 amide bonds. The van der Waals surface area contributed by atoms with Crippen molar-refractivity contribution in [1.82, 2.24) is 0 Å². The molecule has 21 heavy (non-hydrogen) atoms. The van der Waals surface area contributed by atoms with E-state index < -0.39 is 5.97 Å². The van der Waals surface area contributed by atoms with Gasteiger partial charge in [0.2, 0.25) is 0 Å². The van der Waals surface area contributed by atoms with Crippen molar-refractivity contribution in [3.63, 3.8) is 0 Å². The zero-order valence-corrected chi connectivity index (χ0v) is 13.3. The molecule has 0 spiro atoms. The molecule has 0 aliphatic carbocycles. The van der Waals surface area contributed by atoms with E-state index in [1.807, 2.05) is 13.8 Å². The van der Waals surface area contributed by atoms with Crippen molar-refractivity contribution in [2.45, 2.75) is 20.8 Å². The molecule has 0 aromatic heterocycles. The highest BCUT2D eigenvalue weighted by Crippen LogP contribution is 1.81. The Morgan fingerprint density at radius 1 is 0.905 bits per heavy atom. The van der Waals surface area contributed by atoms with Gasteiger partial charge in [-0.2, -0.15) is 0 Å². The minimum Gasteiger partial charge on any atom is -0.478 e. The molecule has 0 aliphatic heterocycles. The van der Waals surface area contributed by atoms with Gasteiger partial charge in [0.25, 0.3) is 0 Å². The van der Waals surface area contributed by atoms with E-state index in [-0.39, 0.29) is 18.8 Å². The van der Waals surface area contributed by atoms with Crippen LogP contribution in [0.15, 0.2) is 12.2 Å². The summed E-state index contributed by atoms with van der Waals surface area (Å²) in [5, 5.41) is 24.4. The summed E-state index contributed by atoms with van der Waals surface area (Å²) in [6.07, 6.45) is 0. The summed E-state index contributed by atoms with van der Waals surface area (Å²) in [5.41, 5.74) is 0.176. The van der Waals surface area contributed by atoms with E-state index in [9.17, 15) is 4.79 Å². The second-order valence-electron chi connectivity index (χ2n) is 3.54. The van der Waals surface area contributed by atoms with E-state index in [4.69, 9.17) is 29.5 Å². The number of hydrogen-bond acceptors (Lipinski definition) is 6. The van der Waals surface area contributed by atoms with Crippen LogP contribution in [0.25, 0.3) is 0 Å². The van der Waals surface area contributed by atoms with Crippen molar-refractivity contribution in [2.75, 3.05) is 52.9 Å². The van der Waals surface area contributed by atoms with Crippen LogP contribution in [0.2, 0.25) is 0 Å². The minimum atomic E-state index is -0.935. The Labute approximate surface area is 127 Å². The molecular formula is C14H30O7. The number of aliphatic hydroxyl groups is 2. The summed E-state index contributed by atoms with van der Waals surface area (Å²) < 4.78 is 14.6. The Hall–Kier alpha value is -0.990. The third-order valence-corrected chi connectivity index (χ3v) is 1.62. The predicted molar refractivity (Wildman–Crippen MR) is 80.4 cm³/mol. The molecule has 7 nitrogen and oxygen atoms in total. The lowest BCUT2D eigenvalue weighted by molar-refractivity contribution is -0.132. The van der Waals surface area contributed by atoms with Crippen molar-refractivity contribution < 1.29 is 34.3 Å². The van der Waals surface area contributed by atoms with Crippen molar-refractivity contribution in [3.8, 4) is 0 Å². The van der Waals surface area contributed by atoms with E-state index in [1.54, 1.807) is 0 Å². The van der Waals surface area contributed by atoms with Crippen LogP contribution in [0.3, 0.4) is 0 Å². The molecular weight excluding hydrogens is 280 g/mol. The van der Waals surface area contributed by atoms with Crippen LogP contribution in [-0.2, 0) is 19.0 Å². The van der Waals surface area contributed by atoms with Crippen molar-refractivity contribution >= 4 is 5.97 Å². The van der Waals surface area contributed by atoms with E-state index >= 15 is 0 Å². The van der Waals surface area contributed by atoms with Crippen molar-refractivity contribution in [1.29, 1.82) is 0 Å². The molecule has 0 aliphatic rings. The van der Waals surface area contributed by atoms with Gasteiger partial charge in [0, 0.05) is 18.8 Å². The molecule has 0 fully saturated rings. The molecule has 7 heteroatoms. The maximum atomic E-state index is 9.60. The van der Waals surface area contributed by atoms with Gasteiger partial charge in [-0.25, -0.2) is 4.79 Å². The number of aliphatic hydroxyl groups excluding tert-OH is 2. The Bertz CT molecular complexity index is 197. The van der Waals surface area contributed by atoms with Crippen molar-refractivity contribution in [2.24, 2.45) is 0 Å². The molecule has 3 N–H and O–H groups in total. The van der Waals surface area contributed by atoms with Gasteiger partial charge in [-0.3, -0.25) is 0 Å². The predicted octanol–water partition coefficient (Wildman–Crippen LogP) is 0.694.